The maximum Gasteiger partial charge on any atom is 0.295 e. The fourth-order valence-corrected chi connectivity index (χ4v) is 5.95. The summed E-state index contributed by atoms with van der Waals surface area (Å²) in [4.78, 5) is 4.65. The van der Waals surface area contributed by atoms with Crippen LogP contribution >= 0.6 is 0 Å². The number of para-hydroxylation sites is 1. The molecule has 7 heteroatoms. The number of aliphatic imine (C=N–C) groups is 1. The molecule has 2 aromatic carbocycles. The van der Waals surface area contributed by atoms with Crippen molar-refractivity contribution in [1.82, 2.24) is 0 Å². The van der Waals surface area contributed by atoms with E-state index in [1.807, 2.05) is 84.0 Å². The van der Waals surface area contributed by atoms with Gasteiger partial charge in [-0.1, -0.05) is 67.8 Å². The molecule has 0 radical (unpaired) electrons. The van der Waals surface area contributed by atoms with Crippen LogP contribution in [0.5, 0.6) is 0 Å². The maximum absolute atomic E-state index is 12.5. The first-order valence-electron chi connectivity index (χ1n) is 14.7. The minimum Gasteiger partial charge on any atom is -0.457 e. The molecule has 0 amide bonds. The summed E-state index contributed by atoms with van der Waals surface area (Å²) in [5, 5.41) is 3.47. The number of nitrogens with one attached hydrogen (secondary N) is 1. The van der Waals surface area contributed by atoms with Gasteiger partial charge in [0.2, 0.25) is 0 Å². The molecule has 0 aromatic heterocycles. The second-order valence-corrected chi connectivity index (χ2v) is 12.6. The molecular formula is C38H40N2O4S. The van der Waals surface area contributed by atoms with Crippen LogP contribution in [0.3, 0.4) is 0 Å². The Bertz CT molecular complexity index is 1910. The average molecular weight is 621 g/mol. The summed E-state index contributed by atoms with van der Waals surface area (Å²) in [6, 6.07) is 12.4. The molecular weight excluding hydrogens is 580 g/mol. The average Bonchev–Trinajstić information content (AvgIpc) is 3.13. The van der Waals surface area contributed by atoms with Gasteiger partial charge in [-0.15, -0.1) is 0 Å². The lowest BCUT2D eigenvalue weighted by Crippen LogP contribution is -2.12. The number of ether oxygens (including phenoxy) is 1. The van der Waals surface area contributed by atoms with Crippen molar-refractivity contribution in [2.75, 3.05) is 5.32 Å². The van der Waals surface area contributed by atoms with Gasteiger partial charge in [0, 0.05) is 39.4 Å². The molecule has 0 atom stereocenters. The van der Waals surface area contributed by atoms with Crippen LogP contribution in [0.15, 0.2) is 153 Å². The Labute approximate surface area is 267 Å². The second-order valence-electron chi connectivity index (χ2n) is 11.2. The molecule has 6 nitrogen and oxygen atoms in total. The van der Waals surface area contributed by atoms with Crippen molar-refractivity contribution >= 4 is 27.1 Å². The van der Waals surface area contributed by atoms with Crippen LogP contribution in [-0.4, -0.2) is 18.7 Å². The fraction of sp³-hybridized carbons (Fsp3) is 0.184. The van der Waals surface area contributed by atoms with Crippen LogP contribution < -0.4 is 5.32 Å². The molecule has 2 aliphatic rings. The van der Waals surface area contributed by atoms with Crippen LogP contribution in [-0.2, 0) is 14.9 Å². The van der Waals surface area contributed by atoms with E-state index in [2.05, 4.69) is 36.7 Å². The number of hydrogen-bond acceptors (Lipinski definition) is 5. The van der Waals surface area contributed by atoms with Gasteiger partial charge in [0.25, 0.3) is 10.1 Å². The molecule has 4 rings (SSSR count). The van der Waals surface area contributed by atoms with E-state index < -0.39 is 10.1 Å². The van der Waals surface area contributed by atoms with Gasteiger partial charge < -0.3 is 10.1 Å². The first-order chi connectivity index (χ1) is 21.3. The predicted molar refractivity (Wildman–Crippen MR) is 186 cm³/mol. The Morgan fingerprint density at radius 2 is 1.69 bits per heavy atom. The zero-order valence-corrected chi connectivity index (χ0v) is 27.5. The number of rotatable bonds is 8. The van der Waals surface area contributed by atoms with E-state index in [0.29, 0.717) is 33.8 Å². The third-order valence-corrected chi connectivity index (χ3v) is 8.49. The quantitative estimate of drug-likeness (QED) is 0.227. The third-order valence-electron chi connectivity index (χ3n) is 7.58. The summed E-state index contributed by atoms with van der Waals surface area (Å²) in [7, 11) is -4.57. The number of hydrogen-bond donors (Lipinski definition) is 2. The standard InChI is InChI=1S/C38H40N2O4S/c1-24-14-9-10-15-25(2)37(24)39-28(5)20-22-32-30(7)44-31(8)33(36(32)34-18-11-12-19-35(34)45(41,42)43)23-21-29(6)40-38-26(3)16-13-17-27(38)4/h9,11-23,40H,7-8,10H2,1-6H3,(H,41,42,43)/b22-20-,29-21+,33-23+,39-28+. The van der Waals surface area contributed by atoms with Gasteiger partial charge in [-0.3, -0.25) is 9.55 Å². The highest BCUT2D eigenvalue weighted by molar-refractivity contribution is 7.86. The van der Waals surface area contributed by atoms with Crippen molar-refractivity contribution in [2.24, 2.45) is 4.99 Å². The van der Waals surface area contributed by atoms with Gasteiger partial charge in [-0.2, -0.15) is 8.42 Å². The molecule has 0 bridgehead atoms. The summed E-state index contributed by atoms with van der Waals surface area (Å²) < 4.78 is 41.3. The molecule has 1 aliphatic carbocycles. The van der Waals surface area contributed by atoms with Crippen LogP contribution in [0.4, 0.5) is 5.69 Å². The SMILES string of the molecule is C=C1OC(=C)/C(=C\C=C(/C)Nc2c(C)cccc2C)C(c2ccccc2S(=O)(=O)O)=C1/C=C\C(C)=N\C1=C(C)C=CCC=C1C. The second kappa shape index (κ2) is 13.9. The topological polar surface area (TPSA) is 88.0 Å². The van der Waals surface area contributed by atoms with Gasteiger partial charge in [0.05, 0.1) is 5.70 Å². The lowest BCUT2D eigenvalue weighted by Gasteiger charge is -2.27. The van der Waals surface area contributed by atoms with Gasteiger partial charge in [-0.05, 0) is 101 Å². The van der Waals surface area contributed by atoms with Crippen LogP contribution in [0.2, 0.25) is 0 Å². The number of benzene rings is 2. The van der Waals surface area contributed by atoms with Crippen molar-refractivity contribution in [3.8, 4) is 0 Å². The number of allylic oxidation sites excluding steroid dienone is 11. The summed E-state index contributed by atoms with van der Waals surface area (Å²) in [5.41, 5.74) is 9.77. The molecule has 0 fully saturated rings. The normalized spacial score (nSPS) is 17.7. The highest BCUT2D eigenvalue weighted by atomic mass is 32.2. The zero-order chi connectivity index (χ0) is 32.9. The summed E-state index contributed by atoms with van der Waals surface area (Å²) in [6.45, 7) is 20.3. The molecule has 1 heterocycles. The van der Waals surface area contributed by atoms with E-state index >= 15 is 0 Å². The van der Waals surface area contributed by atoms with Crippen molar-refractivity contribution in [3.05, 3.63) is 160 Å². The molecule has 2 aromatic rings. The summed E-state index contributed by atoms with van der Waals surface area (Å²) in [5.74, 6) is 0.588. The third kappa shape index (κ3) is 7.87. The minimum atomic E-state index is -4.57. The van der Waals surface area contributed by atoms with Crippen molar-refractivity contribution in [1.29, 1.82) is 0 Å². The fourth-order valence-electron chi connectivity index (χ4n) is 5.25. The lowest BCUT2D eigenvalue weighted by molar-refractivity contribution is 0.327. The summed E-state index contributed by atoms with van der Waals surface area (Å²) in [6.07, 6.45) is 14.5. The number of anilines is 1. The molecule has 0 unspecified atom stereocenters. The van der Waals surface area contributed by atoms with E-state index in [9.17, 15) is 13.0 Å². The van der Waals surface area contributed by atoms with Crippen LogP contribution in [0.1, 0.15) is 50.8 Å². The Balaban J connectivity index is 1.90. The largest absolute Gasteiger partial charge is 0.457 e. The smallest absolute Gasteiger partial charge is 0.295 e. The first kappa shape index (κ1) is 33.2. The monoisotopic (exact) mass is 620 g/mol. The predicted octanol–water partition coefficient (Wildman–Crippen LogP) is 9.50. The van der Waals surface area contributed by atoms with Crippen molar-refractivity contribution in [2.45, 2.75) is 52.9 Å². The molecule has 45 heavy (non-hydrogen) atoms. The Morgan fingerprint density at radius 3 is 2.38 bits per heavy atom. The Kier molecular flexibility index (Phi) is 10.3. The molecule has 0 saturated heterocycles. The highest BCUT2D eigenvalue weighted by Gasteiger charge is 2.28. The molecule has 1 aliphatic heterocycles. The Morgan fingerprint density at radius 1 is 1.00 bits per heavy atom. The lowest BCUT2D eigenvalue weighted by atomic mass is 9.88. The molecule has 2 N–H and O–H groups in total. The van der Waals surface area contributed by atoms with E-state index in [1.54, 1.807) is 18.2 Å². The molecule has 0 spiro atoms. The van der Waals surface area contributed by atoms with E-state index in [-0.39, 0.29) is 4.90 Å². The number of aryl methyl sites for hydroxylation is 2. The maximum atomic E-state index is 12.5. The van der Waals surface area contributed by atoms with Crippen molar-refractivity contribution in [3.63, 3.8) is 0 Å². The van der Waals surface area contributed by atoms with Gasteiger partial charge >= 0.3 is 0 Å². The number of nitrogens with zero attached hydrogens (tertiary/aromatic N) is 1. The highest BCUT2D eigenvalue weighted by Crippen LogP contribution is 2.42. The van der Waals surface area contributed by atoms with Gasteiger partial charge in [-0.25, -0.2) is 0 Å². The zero-order valence-electron chi connectivity index (χ0n) is 26.7. The van der Waals surface area contributed by atoms with Crippen LogP contribution in [0, 0.1) is 13.8 Å². The van der Waals surface area contributed by atoms with Crippen LogP contribution in [0.25, 0.3) is 5.57 Å². The van der Waals surface area contributed by atoms with Gasteiger partial charge in [0.1, 0.15) is 16.4 Å². The van der Waals surface area contributed by atoms with E-state index in [4.69, 9.17) is 9.73 Å². The molecule has 232 valence electrons. The molecule has 0 saturated carbocycles. The van der Waals surface area contributed by atoms with E-state index in [0.717, 1.165) is 51.5 Å². The first-order valence-corrected chi connectivity index (χ1v) is 16.1. The van der Waals surface area contributed by atoms with E-state index in [1.165, 1.54) is 6.07 Å². The van der Waals surface area contributed by atoms with Crippen molar-refractivity contribution < 1.29 is 17.7 Å². The minimum absolute atomic E-state index is 0.231. The van der Waals surface area contributed by atoms with Gasteiger partial charge in [0.15, 0.2) is 0 Å². The summed E-state index contributed by atoms with van der Waals surface area (Å²) >= 11 is 0. The Hall–Kier alpha value is -4.72.